The fourth-order valence-electron chi connectivity index (χ4n) is 3.04. The molecule has 2 aliphatic rings. The molecule has 0 aromatic carbocycles. The fourth-order valence-corrected chi connectivity index (χ4v) is 3.04. The molecule has 0 N–H and O–H groups in total. The zero-order valence-electron chi connectivity index (χ0n) is 10.0. The molecule has 0 heterocycles. The first-order valence-corrected chi connectivity index (χ1v) is 6.02. The van der Waals surface area contributed by atoms with E-state index in [0.29, 0.717) is 11.7 Å². The van der Waals surface area contributed by atoms with Crippen LogP contribution in [0.3, 0.4) is 0 Å². The lowest BCUT2D eigenvalue weighted by Crippen LogP contribution is -2.29. The number of allylic oxidation sites excluding steroid dienone is 2. The molecule has 0 spiro atoms. The molecular weight excluding hydrogens is 186 g/mol. The highest BCUT2D eigenvalue weighted by molar-refractivity contribution is 6.01. The van der Waals surface area contributed by atoms with Gasteiger partial charge in [-0.3, -0.25) is 4.79 Å². The van der Waals surface area contributed by atoms with E-state index in [-0.39, 0.29) is 5.92 Å². The second kappa shape index (κ2) is 4.09. The van der Waals surface area contributed by atoms with Gasteiger partial charge in [-0.25, -0.2) is 0 Å². The average molecular weight is 207 g/mol. The Morgan fingerprint density at radius 1 is 1.27 bits per heavy atom. The summed E-state index contributed by atoms with van der Waals surface area (Å²) in [4.78, 5) is 14.3. The molecule has 0 saturated carbocycles. The molecule has 0 amide bonds. The van der Waals surface area contributed by atoms with Crippen LogP contribution in [0.15, 0.2) is 11.1 Å². The summed E-state index contributed by atoms with van der Waals surface area (Å²) >= 11 is 0. The molecule has 2 unspecified atom stereocenters. The molecular formula is C13H21NO. The number of Topliss-reactive ketones (excluding diaryl/α,β-unsaturated/α-hetero) is 1. The third kappa shape index (κ3) is 1.87. The molecule has 0 saturated heterocycles. The largest absolute Gasteiger partial charge is 0.309 e. The topological polar surface area (TPSA) is 20.3 Å². The maximum Gasteiger partial charge on any atom is 0.163 e. The molecule has 0 bridgehead atoms. The van der Waals surface area contributed by atoms with Crippen LogP contribution in [-0.4, -0.2) is 31.3 Å². The van der Waals surface area contributed by atoms with Crippen LogP contribution in [0.4, 0.5) is 0 Å². The van der Waals surface area contributed by atoms with Crippen LogP contribution >= 0.6 is 0 Å². The van der Waals surface area contributed by atoms with E-state index in [1.165, 1.54) is 30.4 Å². The van der Waals surface area contributed by atoms with Crippen molar-refractivity contribution in [3.8, 4) is 0 Å². The normalized spacial score (nSPS) is 31.3. The average Bonchev–Trinajstić information content (AvgIpc) is 2.44. The van der Waals surface area contributed by atoms with Gasteiger partial charge in [0.1, 0.15) is 0 Å². The van der Waals surface area contributed by atoms with Gasteiger partial charge < -0.3 is 4.90 Å². The van der Waals surface area contributed by atoms with Crippen LogP contribution in [0.2, 0.25) is 0 Å². The number of ketones is 1. The van der Waals surface area contributed by atoms with Crippen molar-refractivity contribution in [2.45, 2.75) is 32.6 Å². The summed E-state index contributed by atoms with van der Waals surface area (Å²) in [5.74, 6) is 1.18. The Morgan fingerprint density at radius 2 is 1.93 bits per heavy atom. The second-order valence-electron chi connectivity index (χ2n) is 5.23. The fraction of sp³-hybridized carbons (Fsp3) is 0.769. The molecule has 15 heavy (non-hydrogen) atoms. The van der Waals surface area contributed by atoms with Gasteiger partial charge in [0, 0.05) is 12.5 Å². The Bertz CT molecular complexity index is 304. The van der Waals surface area contributed by atoms with Gasteiger partial charge in [-0.2, -0.15) is 0 Å². The van der Waals surface area contributed by atoms with Gasteiger partial charge in [0.05, 0.1) is 0 Å². The summed E-state index contributed by atoms with van der Waals surface area (Å²) in [7, 11) is 4.11. The molecule has 0 aromatic heterocycles. The molecule has 2 nitrogen and oxygen atoms in total. The monoisotopic (exact) mass is 207 g/mol. The Hall–Kier alpha value is -0.630. The molecule has 0 radical (unpaired) electrons. The molecule has 0 aromatic rings. The number of rotatable bonds is 2. The molecule has 2 rings (SSSR count). The quantitative estimate of drug-likeness (QED) is 0.692. The SMILES string of the molecule is CC1C2=C(CCCC2)C(=O)C1CN(C)C. The molecule has 2 aliphatic carbocycles. The van der Waals surface area contributed by atoms with E-state index in [0.717, 1.165) is 13.0 Å². The highest BCUT2D eigenvalue weighted by Gasteiger charge is 2.39. The van der Waals surface area contributed by atoms with Crippen LogP contribution in [0, 0.1) is 11.8 Å². The predicted octanol–water partition coefficient (Wildman–Crippen LogP) is 2.25. The maximum atomic E-state index is 12.2. The van der Waals surface area contributed by atoms with Gasteiger partial charge in [-0.05, 0) is 51.3 Å². The van der Waals surface area contributed by atoms with Crippen molar-refractivity contribution in [3.63, 3.8) is 0 Å². The van der Waals surface area contributed by atoms with Gasteiger partial charge in [-0.15, -0.1) is 0 Å². The Labute approximate surface area is 92.3 Å². The minimum atomic E-state index is 0.239. The lowest BCUT2D eigenvalue weighted by molar-refractivity contribution is -0.119. The van der Waals surface area contributed by atoms with Gasteiger partial charge in [0.25, 0.3) is 0 Å². The summed E-state index contributed by atoms with van der Waals surface area (Å²) in [5, 5.41) is 0. The highest BCUT2D eigenvalue weighted by Crippen LogP contribution is 2.42. The second-order valence-corrected chi connectivity index (χ2v) is 5.23. The van der Waals surface area contributed by atoms with Gasteiger partial charge >= 0.3 is 0 Å². The van der Waals surface area contributed by atoms with E-state index in [9.17, 15) is 4.79 Å². The smallest absolute Gasteiger partial charge is 0.163 e. The van der Waals surface area contributed by atoms with E-state index in [4.69, 9.17) is 0 Å². The number of carbonyl (C=O) groups excluding carboxylic acids is 1. The van der Waals surface area contributed by atoms with E-state index >= 15 is 0 Å². The zero-order chi connectivity index (χ0) is 11.0. The summed E-state index contributed by atoms with van der Waals surface area (Å²) in [6.45, 7) is 3.15. The summed E-state index contributed by atoms with van der Waals surface area (Å²) in [5.41, 5.74) is 2.68. The van der Waals surface area contributed by atoms with Crippen LogP contribution < -0.4 is 0 Å². The van der Waals surface area contributed by atoms with Gasteiger partial charge in [0.15, 0.2) is 5.78 Å². The van der Waals surface area contributed by atoms with Crippen LogP contribution in [0.25, 0.3) is 0 Å². The van der Waals surface area contributed by atoms with Crippen molar-refractivity contribution in [1.29, 1.82) is 0 Å². The Balaban J connectivity index is 2.18. The van der Waals surface area contributed by atoms with E-state index in [1.54, 1.807) is 0 Å². The summed E-state index contributed by atoms with van der Waals surface area (Å²) in [6.07, 6.45) is 4.71. The van der Waals surface area contributed by atoms with Crippen molar-refractivity contribution in [1.82, 2.24) is 4.90 Å². The Kier molecular flexibility index (Phi) is 2.96. The van der Waals surface area contributed by atoms with Crippen molar-refractivity contribution < 1.29 is 4.79 Å². The molecule has 0 fully saturated rings. The minimum Gasteiger partial charge on any atom is -0.309 e. The van der Waals surface area contributed by atoms with Gasteiger partial charge in [-0.1, -0.05) is 12.5 Å². The van der Waals surface area contributed by atoms with Crippen molar-refractivity contribution in [3.05, 3.63) is 11.1 Å². The van der Waals surface area contributed by atoms with E-state index in [1.807, 2.05) is 0 Å². The van der Waals surface area contributed by atoms with Crippen LogP contribution in [0.5, 0.6) is 0 Å². The van der Waals surface area contributed by atoms with Crippen molar-refractivity contribution in [2.24, 2.45) is 11.8 Å². The molecule has 2 heteroatoms. The molecule has 84 valence electrons. The molecule has 2 atom stereocenters. The van der Waals surface area contributed by atoms with E-state index in [2.05, 4.69) is 25.9 Å². The summed E-state index contributed by atoms with van der Waals surface area (Å²) in [6, 6.07) is 0. The lowest BCUT2D eigenvalue weighted by atomic mass is 9.88. The standard InChI is InChI=1S/C13H21NO/c1-9-10-6-4-5-7-11(10)13(15)12(9)8-14(2)3/h9,12H,4-8H2,1-3H3. The third-order valence-corrected chi connectivity index (χ3v) is 3.86. The first kappa shape index (κ1) is 10.9. The van der Waals surface area contributed by atoms with Crippen LogP contribution in [-0.2, 0) is 4.79 Å². The Morgan fingerprint density at radius 3 is 2.53 bits per heavy atom. The first-order chi connectivity index (χ1) is 7.11. The first-order valence-electron chi connectivity index (χ1n) is 6.02. The number of carbonyl (C=O) groups is 1. The predicted molar refractivity (Wildman–Crippen MR) is 61.7 cm³/mol. The van der Waals surface area contributed by atoms with Crippen molar-refractivity contribution >= 4 is 5.78 Å². The minimum absolute atomic E-state index is 0.239. The number of hydrogen-bond donors (Lipinski definition) is 0. The highest BCUT2D eigenvalue weighted by atomic mass is 16.1. The summed E-state index contributed by atoms with van der Waals surface area (Å²) < 4.78 is 0. The van der Waals surface area contributed by atoms with E-state index < -0.39 is 0 Å². The number of nitrogens with zero attached hydrogens (tertiary/aromatic N) is 1. The zero-order valence-corrected chi connectivity index (χ0v) is 10.0. The maximum absolute atomic E-state index is 12.2. The third-order valence-electron chi connectivity index (χ3n) is 3.86. The molecule has 0 aliphatic heterocycles. The van der Waals surface area contributed by atoms with Gasteiger partial charge in [0.2, 0.25) is 0 Å². The van der Waals surface area contributed by atoms with Crippen molar-refractivity contribution in [2.75, 3.05) is 20.6 Å². The number of hydrogen-bond acceptors (Lipinski definition) is 2. The lowest BCUT2D eigenvalue weighted by Gasteiger charge is -2.21. The van der Waals surface area contributed by atoms with Crippen LogP contribution in [0.1, 0.15) is 32.6 Å².